The van der Waals surface area contributed by atoms with Crippen molar-refractivity contribution in [3.8, 4) is 5.75 Å². The highest BCUT2D eigenvalue weighted by Crippen LogP contribution is 2.18. The maximum atomic E-state index is 5.39. The summed E-state index contributed by atoms with van der Waals surface area (Å²) >= 11 is 0. The molecule has 2 aromatic rings. The summed E-state index contributed by atoms with van der Waals surface area (Å²) in [6, 6.07) is 12.2. The third-order valence-corrected chi connectivity index (χ3v) is 4.56. The second kappa shape index (κ2) is 11.0. The first-order valence-corrected chi connectivity index (χ1v) is 9.06. The summed E-state index contributed by atoms with van der Waals surface area (Å²) in [6.07, 6.45) is 4.39. The number of rotatable bonds is 6. The summed E-state index contributed by atoms with van der Waals surface area (Å²) in [6.45, 7) is 3.56. The lowest BCUT2D eigenvalue weighted by Crippen LogP contribution is -2.36. The van der Waals surface area contributed by atoms with Crippen LogP contribution in [0.15, 0.2) is 47.6 Å². The van der Waals surface area contributed by atoms with Gasteiger partial charge >= 0.3 is 0 Å². The fraction of sp³-hybridized carbons (Fsp3) is 0.400. The van der Waals surface area contributed by atoms with Crippen LogP contribution in [0.3, 0.4) is 0 Å². The van der Waals surface area contributed by atoms with Crippen molar-refractivity contribution >= 4 is 35.8 Å². The smallest absolute Gasteiger partial charge is 0.191 e. The molecule has 0 amide bonds. The largest absolute Gasteiger partial charge is 0.496 e. The molecule has 0 saturated carbocycles. The van der Waals surface area contributed by atoms with Gasteiger partial charge in [-0.2, -0.15) is 0 Å². The molecular weight excluding hydrogens is 453 g/mol. The number of aliphatic imine (C=N–C) groups is 1. The van der Waals surface area contributed by atoms with Crippen LogP contribution >= 0.6 is 24.0 Å². The lowest BCUT2D eigenvalue weighted by molar-refractivity contribution is 0.409. The van der Waals surface area contributed by atoms with Crippen molar-refractivity contribution < 1.29 is 4.74 Å². The predicted octanol–water partition coefficient (Wildman–Crippen LogP) is 3.17. The average molecular weight is 481 g/mol. The number of halogens is 1. The van der Waals surface area contributed by atoms with Gasteiger partial charge in [0.25, 0.3) is 0 Å². The molecule has 3 rings (SSSR count). The number of hydrogen-bond acceptors (Lipinski definition) is 4. The van der Waals surface area contributed by atoms with Crippen LogP contribution in [0.4, 0.5) is 5.82 Å². The van der Waals surface area contributed by atoms with Crippen LogP contribution in [-0.2, 0) is 13.1 Å². The average Bonchev–Trinajstić information content (AvgIpc) is 3.23. The van der Waals surface area contributed by atoms with Gasteiger partial charge in [-0.3, -0.25) is 4.99 Å². The number of benzene rings is 1. The first kappa shape index (κ1) is 21.3. The van der Waals surface area contributed by atoms with E-state index in [1.807, 2.05) is 36.5 Å². The van der Waals surface area contributed by atoms with Gasteiger partial charge in [0, 0.05) is 45.0 Å². The molecule has 7 heteroatoms. The van der Waals surface area contributed by atoms with Crippen LogP contribution in [0, 0.1) is 0 Å². The molecule has 1 fully saturated rings. The molecule has 1 aromatic carbocycles. The molecule has 0 unspecified atom stereocenters. The van der Waals surface area contributed by atoms with E-state index in [-0.39, 0.29) is 24.0 Å². The van der Waals surface area contributed by atoms with E-state index in [0.29, 0.717) is 13.1 Å². The van der Waals surface area contributed by atoms with Gasteiger partial charge in [-0.05, 0) is 36.6 Å². The standard InChI is InChI=1S/C20H27N5O.HI/c1-21-20(24-15-17-7-3-4-8-18(17)26-2)23-14-16-9-10-22-19(13-16)25-11-5-6-12-25;/h3-4,7-10,13H,5-6,11-12,14-15H2,1-2H3,(H2,21,23,24);1H. The Kier molecular flexibility index (Phi) is 8.63. The summed E-state index contributed by atoms with van der Waals surface area (Å²) in [7, 11) is 3.47. The van der Waals surface area contributed by atoms with Crippen molar-refractivity contribution in [1.29, 1.82) is 0 Å². The molecule has 1 aliphatic rings. The first-order chi connectivity index (χ1) is 12.8. The molecule has 0 radical (unpaired) electrons. The predicted molar refractivity (Wildman–Crippen MR) is 121 cm³/mol. The topological polar surface area (TPSA) is 61.8 Å². The van der Waals surface area contributed by atoms with Crippen molar-refractivity contribution in [2.45, 2.75) is 25.9 Å². The molecule has 0 bridgehead atoms. The van der Waals surface area contributed by atoms with E-state index in [1.54, 1.807) is 14.2 Å². The van der Waals surface area contributed by atoms with Gasteiger partial charge in [-0.1, -0.05) is 18.2 Å². The van der Waals surface area contributed by atoms with Crippen molar-refractivity contribution in [2.75, 3.05) is 32.1 Å². The molecular formula is C20H28IN5O. The van der Waals surface area contributed by atoms with E-state index in [9.17, 15) is 0 Å². The summed E-state index contributed by atoms with van der Waals surface area (Å²) < 4.78 is 5.39. The fourth-order valence-electron chi connectivity index (χ4n) is 3.12. The molecule has 1 aliphatic heterocycles. The second-order valence-corrected chi connectivity index (χ2v) is 6.31. The zero-order chi connectivity index (χ0) is 18.2. The van der Waals surface area contributed by atoms with Gasteiger partial charge < -0.3 is 20.3 Å². The summed E-state index contributed by atoms with van der Waals surface area (Å²) in [5.41, 5.74) is 2.29. The number of hydrogen-bond donors (Lipinski definition) is 2. The highest BCUT2D eigenvalue weighted by Gasteiger charge is 2.13. The molecule has 0 spiro atoms. The highest BCUT2D eigenvalue weighted by atomic mass is 127. The Morgan fingerprint density at radius 2 is 1.89 bits per heavy atom. The lowest BCUT2D eigenvalue weighted by Gasteiger charge is -2.17. The lowest BCUT2D eigenvalue weighted by atomic mass is 10.2. The second-order valence-electron chi connectivity index (χ2n) is 6.31. The minimum atomic E-state index is 0. The number of pyridine rings is 1. The molecule has 1 saturated heterocycles. The summed E-state index contributed by atoms with van der Waals surface area (Å²) in [5.74, 6) is 2.70. The van der Waals surface area contributed by atoms with E-state index in [4.69, 9.17) is 4.74 Å². The quantitative estimate of drug-likeness (QED) is 0.377. The molecule has 2 N–H and O–H groups in total. The highest BCUT2D eigenvalue weighted by molar-refractivity contribution is 14.0. The molecule has 146 valence electrons. The first-order valence-electron chi connectivity index (χ1n) is 9.06. The van der Waals surface area contributed by atoms with Crippen molar-refractivity contribution in [1.82, 2.24) is 15.6 Å². The van der Waals surface area contributed by atoms with Gasteiger partial charge in [-0.15, -0.1) is 24.0 Å². The molecule has 2 heterocycles. The van der Waals surface area contributed by atoms with Crippen LogP contribution in [0.5, 0.6) is 5.75 Å². The Morgan fingerprint density at radius 3 is 2.63 bits per heavy atom. The fourth-order valence-corrected chi connectivity index (χ4v) is 3.12. The molecule has 27 heavy (non-hydrogen) atoms. The number of methoxy groups -OCH3 is 1. The monoisotopic (exact) mass is 481 g/mol. The number of nitrogens with one attached hydrogen (secondary N) is 2. The van der Waals surface area contributed by atoms with Crippen LogP contribution in [0.1, 0.15) is 24.0 Å². The minimum Gasteiger partial charge on any atom is -0.496 e. The molecule has 0 aliphatic carbocycles. The Balaban J connectivity index is 0.00000261. The summed E-state index contributed by atoms with van der Waals surface area (Å²) in [4.78, 5) is 11.1. The van der Waals surface area contributed by atoms with Crippen molar-refractivity contribution in [3.05, 3.63) is 53.7 Å². The van der Waals surface area contributed by atoms with E-state index in [1.165, 1.54) is 18.4 Å². The number of anilines is 1. The SMILES string of the molecule is CN=C(NCc1ccnc(N2CCCC2)c1)NCc1ccccc1OC.I. The van der Waals surface area contributed by atoms with E-state index in [0.717, 1.165) is 36.2 Å². The van der Waals surface area contributed by atoms with Crippen LogP contribution in [-0.4, -0.2) is 38.2 Å². The van der Waals surface area contributed by atoms with Crippen LogP contribution in [0.25, 0.3) is 0 Å². The third kappa shape index (κ3) is 5.98. The van der Waals surface area contributed by atoms with Gasteiger partial charge in [-0.25, -0.2) is 4.98 Å². The normalized spacial score (nSPS) is 13.9. The Labute approximate surface area is 178 Å². The maximum Gasteiger partial charge on any atom is 0.191 e. The number of nitrogens with zero attached hydrogens (tertiary/aromatic N) is 3. The number of aromatic nitrogens is 1. The Hall–Kier alpha value is -2.03. The number of para-hydroxylation sites is 1. The maximum absolute atomic E-state index is 5.39. The van der Waals surface area contributed by atoms with E-state index >= 15 is 0 Å². The summed E-state index contributed by atoms with van der Waals surface area (Å²) in [5, 5.41) is 6.70. The molecule has 1 aromatic heterocycles. The molecule has 6 nitrogen and oxygen atoms in total. The zero-order valence-electron chi connectivity index (χ0n) is 15.9. The third-order valence-electron chi connectivity index (χ3n) is 4.56. The molecule has 0 atom stereocenters. The van der Waals surface area contributed by atoms with E-state index in [2.05, 4.69) is 31.6 Å². The van der Waals surface area contributed by atoms with Crippen LogP contribution < -0.4 is 20.3 Å². The van der Waals surface area contributed by atoms with Gasteiger partial charge in [0.2, 0.25) is 0 Å². The van der Waals surface area contributed by atoms with Gasteiger partial charge in [0.05, 0.1) is 7.11 Å². The van der Waals surface area contributed by atoms with Crippen LogP contribution in [0.2, 0.25) is 0 Å². The minimum absolute atomic E-state index is 0. The van der Waals surface area contributed by atoms with Crippen molar-refractivity contribution in [2.24, 2.45) is 4.99 Å². The Bertz CT molecular complexity index is 747. The number of guanidine groups is 1. The zero-order valence-corrected chi connectivity index (χ0v) is 18.3. The Morgan fingerprint density at radius 1 is 1.15 bits per heavy atom. The number of ether oxygens (including phenoxy) is 1. The van der Waals surface area contributed by atoms with Gasteiger partial charge in [0.1, 0.15) is 11.6 Å². The van der Waals surface area contributed by atoms with Gasteiger partial charge in [0.15, 0.2) is 5.96 Å². The van der Waals surface area contributed by atoms with Crippen molar-refractivity contribution in [3.63, 3.8) is 0 Å². The van der Waals surface area contributed by atoms with E-state index < -0.39 is 0 Å².